The van der Waals surface area contributed by atoms with E-state index in [2.05, 4.69) is 0 Å². The number of hydrogen-bond donors (Lipinski definition) is 0. The molecule has 1 atom stereocenters. The highest BCUT2D eigenvalue weighted by atomic mass is 16.5. The van der Waals surface area contributed by atoms with Crippen molar-refractivity contribution in [2.45, 2.75) is 5.41 Å². The van der Waals surface area contributed by atoms with Crippen molar-refractivity contribution in [3.8, 4) is 28.3 Å². The van der Waals surface area contributed by atoms with Crippen molar-refractivity contribution >= 4 is 32.6 Å². The SMILES string of the molecule is [2H]c1cc(C2(c3c([2H])c([2H])c([2H])c([2H])c3[2H])c3c([2H])c([2H])c([2H])c([2H])c3Oc3c([2H])c([2H])c(-c4c([2H])c([2H])c5c(c4[2H])c4c([2H])c([2H])c6c([2H])c([2H])c([2H])c([2H])c6c4n5-c4c([2H])c([2H])c([2H])c([2H])c4[2H])c([2H])c32)c([2H])c([2H])c1[2H]. The molecule has 2 nitrogen and oxygen atoms in total. The molecule has 49 heavy (non-hydrogen) atoms. The molecule has 1 aromatic heterocycles. The van der Waals surface area contributed by atoms with E-state index in [9.17, 15) is 16.4 Å². The third kappa shape index (κ3) is 4.07. The fourth-order valence-corrected chi connectivity index (χ4v) is 6.16. The number of nitrogens with zero attached hydrogens (tertiary/aromatic N) is 1. The van der Waals surface area contributed by atoms with E-state index in [4.69, 9.17) is 29.4 Å². The largest absolute Gasteiger partial charge is 0.457 e. The summed E-state index contributed by atoms with van der Waals surface area (Å²) in [6, 6.07) is -30.2. The van der Waals surface area contributed by atoms with E-state index in [0.29, 0.717) is 6.07 Å². The lowest BCUT2D eigenvalue weighted by atomic mass is 9.63. The third-order valence-electron chi connectivity index (χ3n) is 8.14. The van der Waals surface area contributed by atoms with Crippen molar-refractivity contribution in [1.82, 2.24) is 4.57 Å². The number of hydrogen-bond acceptors (Lipinski definition) is 1. The van der Waals surface area contributed by atoms with E-state index in [1.165, 1.54) is 0 Å². The smallest absolute Gasteiger partial charge is 0.132 e. The summed E-state index contributed by atoms with van der Waals surface area (Å²) < 4.78 is 280. The first-order valence-electron chi connectivity index (χ1n) is 29.4. The van der Waals surface area contributed by atoms with Crippen LogP contribution in [0.3, 0.4) is 0 Å². The molecule has 0 saturated carbocycles. The molecular weight excluding hydrogens is 595 g/mol. The number of ether oxygens (including phenoxy) is 1. The zero-order valence-corrected chi connectivity index (χ0v) is 24.4. The topological polar surface area (TPSA) is 14.2 Å². The van der Waals surface area contributed by atoms with Crippen LogP contribution in [0.25, 0.3) is 49.4 Å². The van der Waals surface area contributed by atoms with E-state index in [1.807, 2.05) is 0 Å². The van der Waals surface area contributed by atoms with Gasteiger partial charge in [0.15, 0.2) is 0 Å². The van der Waals surface area contributed by atoms with Crippen LogP contribution < -0.4 is 4.74 Å². The van der Waals surface area contributed by atoms with E-state index >= 15 is 0 Å². The maximum absolute atomic E-state index is 10.3. The second kappa shape index (κ2) is 10.8. The summed E-state index contributed by atoms with van der Waals surface area (Å²) in [6.45, 7) is 0. The normalized spacial score (nSPS) is 23.8. The molecule has 9 aromatic rings. The molecule has 0 fully saturated rings. The Hall–Kier alpha value is -6.38. The van der Waals surface area contributed by atoms with Gasteiger partial charge in [-0.3, -0.25) is 0 Å². The van der Waals surface area contributed by atoms with Gasteiger partial charge in [-0.15, -0.1) is 0 Å². The van der Waals surface area contributed by atoms with Gasteiger partial charge in [-0.2, -0.15) is 0 Å². The molecule has 0 saturated heterocycles. The van der Waals surface area contributed by atoms with Gasteiger partial charge < -0.3 is 9.30 Å². The zero-order valence-electron chi connectivity index (χ0n) is 54.4. The fourth-order valence-electron chi connectivity index (χ4n) is 6.16. The van der Waals surface area contributed by atoms with Crippen LogP contribution in [0.4, 0.5) is 0 Å². The van der Waals surface area contributed by atoms with Gasteiger partial charge in [-0.05, 0) is 69.9 Å². The Bertz CT molecular complexity index is 4330. The van der Waals surface area contributed by atoms with Gasteiger partial charge in [-0.1, -0.05) is 145 Å². The standard InChI is InChI=1S/C47H31NO/c1-4-15-35(16-5-1)47(36-17-6-2-7-18-36)41-22-12-13-23-44(41)49-45-29-26-34(31-42(45)47)33-25-28-43-40(30-33)39-27-24-32-14-10-11-21-38(32)46(39)48(43)37-19-8-3-9-20-37/h1-31H/i1D,2D,3D,4D,5D,6D,7D,8D,9D,10D,11D,12D,13D,14D,15D,16D,17D,19D,20D,21D,22D,23D,24D,25D,26D,27D,28D,29D,30D,31D. The molecule has 1 aliphatic heterocycles. The van der Waals surface area contributed by atoms with Crippen molar-refractivity contribution in [2.24, 2.45) is 0 Å². The van der Waals surface area contributed by atoms with Gasteiger partial charge in [0.1, 0.15) is 11.5 Å². The van der Waals surface area contributed by atoms with Crippen molar-refractivity contribution in [2.75, 3.05) is 0 Å². The van der Waals surface area contributed by atoms with Crippen molar-refractivity contribution in [1.29, 1.82) is 0 Å². The number of para-hydroxylation sites is 2. The summed E-state index contributed by atoms with van der Waals surface area (Å²) in [5, 5.41) is -2.62. The highest BCUT2D eigenvalue weighted by Crippen LogP contribution is 2.56. The average molecular weight is 656 g/mol. The van der Waals surface area contributed by atoms with Crippen LogP contribution in [0.2, 0.25) is 0 Å². The summed E-state index contributed by atoms with van der Waals surface area (Å²) in [6.07, 6.45) is 0. The molecule has 8 aromatic carbocycles. The minimum absolute atomic E-state index is 0.613. The lowest BCUT2D eigenvalue weighted by Gasteiger charge is -2.41. The van der Waals surface area contributed by atoms with E-state index in [-0.39, 0.29) is 0 Å². The minimum Gasteiger partial charge on any atom is -0.457 e. The van der Waals surface area contributed by atoms with Gasteiger partial charge in [0.2, 0.25) is 0 Å². The quantitative estimate of drug-likeness (QED) is 0.184. The molecule has 0 bridgehead atoms. The highest BCUT2D eigenvalue weighted by Gasteiger charge is 2.45. The van der Waals surface area contributed by atoms with E-state index in [0.717, 1.165) is 4.57 Å². The number of benzene rings is 8. The molecule has 10 rings (SSSR count). The fraction of sp³-hybridized carbons (Fsp3) is 0.0213. The van der Waals surface area contributed by atoms with Crippen LogP contribution in [0, 0.1) is 0 Å². The monoisotopic (exact) mass is 655 g/mol. The van der Waals surface area contributed by atoms with Gasteiger partial charge in [-0.25, -0.2) is 0 Å². The van der Waals surface area contributed by atoms with Gasteiger partial charge in [0, 0.05) is 33.0 Å². The summed E-state index contributed by atoms with van der Waals surface area (Å²) in [4.78, 5) is 0. The van der Waals surface area contributed by atoms with Gasteiger partial charge in [0.25, 0.3) is 0 Å². The minimum atomic E-state index is -3.25. The molecule has 0 N–H and O–H groups in total. The van der Waals surface area contributed by atoms with E-state index in [1.54, 1.807) is 0 Å². The Morgan fingerprint density at radius 2 is 1.14 bits per heavy atom. The van der Waals surface area contributed by atoms with Crippen LogP contribution in [-0.2, 0) is 5.41 Å². The predicted octanol–water partition coefficient (Wildman–Crippen LogP) is 12.1. The Labute approximate surface area is 327 Å². The second-order valence-electron chi connectivity index (χ2n) is 10.6. The van der Waals surface area contributed by atoms with Crippen LogP contribution in [-0.4, -0.2) is 4.57 Å². The van der Waals surface area contributed by atoms with Crippen molar-refractivity contribution in [3.05, 3.63) is 210 Å². The maximum Gasteiger partial charge on any atom is 0.132 e. The first-order chi connectivity index (χ1) is 36.8. The Balaban J connectivity index is 1.52. The summed E-state index contributed by atoms with van der Waals surface area (Å²) in [5.41, 5.74) is -11.3. The lowest BCUT2D eigenvalue weighted by molar-refractivity contribution is 0.434. The van der Waals surface area contributed by atoms with Crippen LogP contribution in [0.15, 0.2) is 187 Å². The van der Waals surface area contributed by atoms with Crippen LogP contribution in [0.5, 0.6) is 11.5 Å². The molecular formula is C47H31NO. The van der Waals surface area contributed by atoms with Gasteiger partial charge in [0.05, 0.1) is 57.6 Å². The molecule has 2 heterocycles. The Kier molecular flexibility index (Phi) is 2.45. The Morgan fingerprint density at radius 3 is 2.02 bits per heavy atom. The number of fused-ring (bicyclic) bond motifs is 7. The molecule has 0 amide bonds. The summed E-state index contributed by atoms with van der Waals surface area (Å²) in [7, 11) is 0. The van der Waals surface area contributed by atoms with Crippen molar-refractivity contribution < 1.29 is 45.9 Å². The molecule has 2 heteroatoms. The highest BCUT2D eigenvalue weighted by molar-refractivity contribution is 6.19. The zero-order chi connectivity index (χ0) is 58.5. The molecule has 1 unspecified atom stereocenters. The van der Waals surface area contributed by atoms with Crippen LogP contribution in [0.1, 0.15) is 63.4 Å². The lowest BCUT2D eigenvalue weighted by Crippen LogP contribution is -2.34. The molecule has 0 aliphatic carbocycles. The second-order valence-corrected chi connectivity index (χ2v) is 10.6. The first-order valence-corrected chi connectivity index (χ1v) is 14.4. The number of aromatic nitrogens is 1. The third-order valence-corrected chi connectivity index (χ3v) is 8.14. The van der Waals surface area contributed by atoms with Crippen molar-refractivity contribution in [3.63, 3.8) is 0 Å². The molecule has 230 valence electrons. The first kappa shape index (κ1) is 11.1. The molecule has 0 spiro atoms. The summed E-state index contributed by atoms with van der Waals surface area (Å²) >= 11 is 0. The maximum atomic E-state index is 10.3. The summed E-state index contributed by atoms with van der Waals surface area (Å²) in [5.74, 6) is -1.97. The predicted molar refractivity (Wildman–Crippen MR) is 202 cm³/mol. The van der Waals surface area contributed by atoms with Gasteiger partial charge >= 0.3 is 0 Å². The Morgan fingerprint density at radius 1 is 0.469 bits per heavy atom. The van der Waals surface area contributed by atoms with Crippen LogP contribution >= 0.6 is 0 Å². The molecule has 1 aliphatic rings. The van der Waals surface area contributed by atoms with E-state index < -0.39 is 270 Å². The average Bonchev–Trinajstić information content (AvgIpc) is 3.90. The molecule has 0 radical (unpaired) electrons. The number of rotatable bonds is 4.